The molecule has 2 rings (SSSR count). The van der Waals surface area contributed by atoms with E-state index in [4.69, 9.17) is 0 Å². The van der Waals surface area contributed by atoms with Crippen molar-refractivity contribution in [1.82, 2.24) is 14.9 Å². The second kappa shape index (κ2) is 7.36. The van der Waals surface area contributed by atoms with Gasteiger partial charge in [-0.3, -0.25) is 0 Å². The van der Waals surface area contributed by atoms with Crippen LogP contribution in [0.25, 0.3) is 0 Å². The molecule has 102 valence electrons. The van der Waals surface area contributed by atoms with Crippen LogP contribution in [0, 0.1) is 0 Å². The second-order valence-corrected chi connectivity index (χ2v) is 5.44. The summed E-state index contributed by atoms with van der Waals surface area (Å²) in [6, 6.07) is 11.1. The Balaban J connectivity index is 1.90. The molecule has 1 heterocycles. The summed E-state index contributed by atoms with van der Waals surface area (Å²) in [5.74, 6) is 0. The van der Waals surface area contributed by atoms with Crippen molar-refractivity contribution in [3.05, 3.63) is 46.5 Å². The predicted molar refractivity (Wildman–Crippen MR) is 80.5 cm³/mol. The van der Waals surface area contributed by atoms with E-state index in [1.54, 1.807) is 0 Å². The molecule has 0 bridgehead atoms. The third-order valence-corrected chi connectivity index (χ3v) is 4.27. The number of aromatic nitrogens is 2. The topological polar surface area (TPSA) is 37.8 Å². The molecule has 2 aromatic rings. The Hall–Kier alpha value is -1.26. The van der Waals surface area contributed by atoms with Gasteiger partial charge < -0.3 is 5.32 Å². The lowest BCUT2D eigenvalue weighted by molar-refractivity contribution is 0.530. The molecular weight excluding hydrogens is 254 g/mol. The zero-order valence-electron chi connectivity index (χ0n) is 11.6. The van der Waals surface area contributed by atoms with Crippen molar-refractivity contribution < 1.29 is 0 Å². The summed E-state index contributed by atoms with van der Waals surface area (Å²) in [4.78, 5) is 1.30. The number of nitrogens with one attached hydrogen (secondary N) is 1. The molecule has 0 amide bonds. The lowest BCUT2D eigenvalue weighted by Crippen LogP contribution is -2.16. The van der Waals surface area contributed by atoms with Gasteiger partial charge in [0.2, 0.25) is 0 Å². The molecule has 1 atom stereocenters. The van der Waals surface area contributed by atoms with Crippen LogP contribution in [0.4, 0.5) is 0 Å². The molecule has 0 aliphatic heterocycles. The van der Waals surface area contributed by atoms with E-state index in [0.717, 1.165) is 25.0 Å². The van der Waals surface area contributed by atoms with E-state index >= 15 is 0 Å². The molecule has 1 aromatic carbocycles. The highest BCUT2D eigenvalue weighted by molar-refractivity contribution is 7.05. The maximum absolute atomic E-state index is 4.20. The summed E-state index contributed by atoms with van der Waals surface area (Å²) in [7, 11) is 2.02. The number of nitrogens with zero attached hydrogens (tertiary/aromatic N) is 2. The highest BCUT2D eigenvalue weighted by Gasteiger charge is 2.16. The Morgan fingerprint density at radius 3 is 2.74 bits per heavy atom. The third kappa shape index (κ3) is 3.85. The number of rotatable bonds is 7. The highest BCUT2D eigenvalue weighted by atomic mass is 32.1. The van der Waals surface area contributed by atoms with Crippen LogP contribution < -0.4 is 5.32 Å². The highest BCUT2D eigenvalue weighted by Crippen LogP contribution is 2.25. The van der Waals surface area contributed by atoms with E-state index < -0.39 is 0 Å². The fourth-order valence-corrected chi connectivity index (χ4v) is 3.17. The van der Waals surface area contributed by atoms with E-state index in [1.165, 1.54) is 28.4 Å². The van der Waals surface area contributed by atoms with Gasteiger partial charge in [0.05, 0.1) is 10.6 Å². The average molecular weight is 275 g/mol. The molecule has 0 fully saturated rings. The van der Waals surface area contributed by atoms with Gasteiger partial charge in [-0.25, -0.2) is 0 Å². The number of benzene rings is 1. The van der Waals surface area contributed by atoms with Crippen LogP contribution >= 0.6 is 11.5 Å². The van der Waals surface area contributed by atoms with Crippen molar-refractivity contribution in [3.63, 3.8) is 0 Å². The molecule has 1 aromatic heterocycles. The van der Waals surface area contributed by atoms with Gasteiger partial charge in [0.15, 0.2) is 0 Å². The minimum Gasteiger partial charge on any atom is -0.312 e. The van der Waals surface area contributed by atoms with E-state index in [9.17, 15) is 0 Å². The third-order valence-electron chi connectivity index (χ3n) is 3.39. The number of hydrogen-bond acceptors (Lipinski definition) is 4. The summed E-state index contributed by atoms with van der Waals surface area (Å²) in [6.07, 6.45) is 4.40. The summed E-state index contributed by atoms with van der Waals surface area (Å²) in [5.41, 5.74) is 2.56. The molecule has 3 nitrogen and oxygen atoms in total. The van der Waals surface area contributed by atoms with Crippen LogP contribution in [0.3, 0.4) is 0 Å². The van der Waals surface area contributed by atoms with Crippen LogP contribution in [-0.4, -0.2) is 16.6 Å². The van der Waals surface area contributed by atoms with Crippen LogP contribution in [-0.2, 0) is 12.8 Å². The molecule has 0 radical (unpaired) electrons. The van der Waals surface area contributed by atoms with Gasteiger partial charge in [0.25, 0.3) is 0 Å². The first-order valence-corrected chi connectivity index (χ1v) is 7.64. The Bertz CT molecular complexity index is 481. The molecule has 4 heteroatoms. The summed E-state index contributed by atoms with van der Waals surface area (Å²) in [6.45, 7) is 2.14. The zero-order chi connectivity index (χ0) is 13.5. The molecule has 1 N–H and O–H groups in total. The standard InChI is InChI=1S/C15H21N3S/c1-3-13-15(19-18-17-13)14(16-2)11-7-10-12-8-5-4-6-9-12/h4-6,8-9,14,16H,3,7,10-11H2,1-2H3. The fourth-order valence-electron chi connectivity index (χ4n) is 2.29. The second-order valence-electron chi connectivity index (χ2n) is 4.66. The smallest absolute Gasteiger partial charge is 0.0800 e. The van der Waals surface area contributed by atoms with Gasteiger partial charge in [-0.15, -0.1) is 5.10 Å². The van der Waals surface area contributed by atoms with Gasteiger partial charge in [0, 0.05) is 6.04 Å². The Kier molecular flexibility index (Phi) is 5.48. The predicted octanol–water partition coefficient (Wildman–Crippen LogP) is 3.38. The van der Waals surface area contributed by atoms with Gasteiger partial charge in [-0.2, -0.15) is 0 Å². The van der Waals surface area contributed by atoms with Crippen LogP contribution in [0.5, 0.6) is 0 Å². The van der Waals surface area contributed by atoms with Crippen LogP contribution in [0.1, 0.15) is 41.9 Å². The lowest BCUT2D eigenvalue weighted by Gasteiger charge is -2.14. The molecule has 0 aliphatic rings. The van der Waals surface area contributed by atoms with Crippen molar-refractivity contribution in [1.29, 1.82) is 0 Å². The molecule has 0 saturated carbocycles. The number of aryl methyl sites for hydroxylation is 2. The molecular formula is C15H21N3S. The van der Waals surface area contributed by atoms with E-state index in [-0.39, 0.29) is 0 Å². The molecule has 0 spiro atoms. The van der Waals surface area contributed by atoms with Crippen molar-refractivity contribution in [3.8, 4) is 0 Å². The molecule has 1 unspecified atom stereocenters. The molecule has 19 heavy (non-hydrogen) atoms. The van der Waals surface area contributed by atoms with Crippen molar-refractivity contribution >= 4 is 11.5 Å². The molecule has 0 aliphatic carbocycles. The van der Waals surface area contributed by atoms with E-state index in [1.807, 2.05) is 7.05 Å². The van der Waals surface area contributed by atoms with Crippen molar-refractivity contribution in [2.24, 2.45) is 0 Å². The minimum absolute atomic E-state index is 0.388. The first-order chi connectivity index (χ1) is 9.35. The van der Waals surface area contributed by atoms with Gasteiger partial charge in [0.1, 0.15) is 0 Å². The summed E-state index contributed by atoms with van der Waals surface area (Å²) in [5, 5.41) is 7.59. The zero-order valence-corrected chi connectivity index (χ0v) is 12.4. The van der Waals surface area contributed by atoms with E-state index in [2.05, 4.69) is 52.2 Å². The van der Waals surface area contributed by atoms with Crippen molar-refractivity contribution in [2.45, 2.75) is 38.6 Å². The first kappa shape index (κ1) is 14.2. The Morgan fingerprint density at radius 2 is 2.05 bits per heavy atom. The SMILES string of the molecule is CCc1nnsc1C(CCCc1ccccc1)NC. The first-order valence-electron chi connectivity index (χ1n) is 6.87. The Morgan fingerprint density at radius 1 is 1.26 bits per heavy atom. The maximum Gasteiger partial charge on any atom is 0.0800 e. The lowest BCUT2D eigenvalue weighted by atomic mass is 10.0. The number of hydrogen-bond donors (Lipinski definition) is 1. The van der Waals surface area contributed by atoms with Gasteiger partial charge in [-0.1, -0.05) is 41.7 Å². The monoisotopic (exact) mass is 275 g/mol. The Labute approximate surface area is 119 Å². The van der Waals surface area contributed by atoms with Crippen molar-refractivity contribution in [2.75, 3.05) is 7.05 Å². The quantitative estimate of drug-likeness (QED) is 0.841. The summed E-state index contributed by atoms with van der Waals surface area (Å²) < 4.78 is 4.08. The summed E-state index contributed by atoms with van der Waals surface area (Å²) >= 11 is 1.53. The van der Waals surface area contributed by atoms with Gasteiger partial charge in [-0.05, 0) is 49.8 Å². The molecule has 0 saturated heterocycles. The maximum atomic E-state index is 4.20. The normalized spacial score (nSPS) is 12.5. The van der Waals surface area contributed by atoms with Crippen LogP contribution in [0.2, 0.25) is 0 Å². The van der Waals surface area contributed by atoms with Crippen LogP contribution in [0.15, 0.2) is 30.3 Å². The minimum atomic E-state index is 0.388. The average Bonchev–Trinajstić information content (AvgIpc) is 2.93. The van der Waals surface area contributed by atoms with Gasteiger partial charge >= 0.3 is 0 Å². The fraction of sp³-hybridized carbons (Fsp3) is 0.467. The van der Waals surface area contributed by atoms with E-state index in [0.29, 0.717) is 6.04 Å². The largest absolute Gasteiger partial charge is 0.312 e.